The highest BCUT2D eigenvalue weighted by molar-refractivity contribution is 7.92. The minimum Gasteiger partial charge on any atom is -0.298 e. The number of carbonyl (C=O) groups is 1. The summed E-state index contributed by atoms with van der Waals surface area (Å²) in [4.78, 5) is 12.0. The first-order chi connectivity index (χ1) is 19.9. The third-order valence-corrected chi connectivity index (χ3v) is 8.63. The number of aromatic nitrogens is 1. The van der Waals surface area contributed by atoms with Crippen LogP contribution in [0, 0.1) is 13.8 Å². The maximum absolute atomic E-state index is 12.8. The second kappa shape index (κ2) is 13.2. The summed E-state index contributed by atoms with van der Waals surface area (Å²) < 4.78 is 60.1. The van der Waals surface area contributed by atoms with Crippen molar-refractivity contribution >= 4 is 54.7 Å². The Bertz CT molecular complexity index is 1780. The van der Waals surface area contributed by atoms with E-state index in [1.807, 2.05) is 36.7 Å². The van der Waals surface area contributed by atoms with Gasteiger partial charge in [0.25, 0.3) is 5.91 Å². The molecule has 0 spiro atoms. The van der Waals surface area contributed by atoms with Gasteiger partial charge in [-0.15, -0.1) is 4.28 Å². The minimum absolute atomic E-state index is 0.0849. The first-order valence-electron chi connectivity index (χ1n) is 12.6. The fraction of sp³-hybridized carbons (Fsp3) is 0.143. The van der Waals surface area contributed by atoms with E-state index in [1.165, 1.54) is 36.4 Å². The highest BCUT2D eigenvalue weighted by Crippen LogP contribution is 2.20. The molecule has 1 aromatic heterocycles. The molecule has 3 aromatic carbocycles. The zero-order chi connectivity index (χ0) is 30.3. The summed E-state index contributed by atoms with van der Waals surface area (Å²) in [6, 6.07) is 21.8. The van der Waals surface area contributed by atoms with Gasteiger partial charge in [-0.2, -0.15) is 8.42 Å². The SMILES string of the molecule is Cc1ccc(C)[n+](CCS(=O)(=O)Nc2cccc(S(=O)(=O)ONc3ccc(NNC(=O)c4ccc(Cl)cc4)cc3)c2)c1. The molecule has 0 saturated heterocycles. The van der Waals surface area contributed by atoms with E-state index >= 15 is 0 Å². The van der Waals surface area contributed by atoms with E-state index in [0.717, 1.165) is 11.3 Å². The molecular weight excluding hydrogens is 602 g/mol. The maximum atomic E-state index is 12.8. The van der Waals surface area contributed by atoms with E-state index in [2.05, 4.69) is 21.1 Å². The van der Waals surface area contributed by atoms with Gasteiger partial charge in [0.05, 0.1) is 16.3 Å². The Morgan fingerprint density at radius 3 is 2.26 bits per heavy atom. The standard InChI is InChI=1S/C28H28ClN5O6S2/c1-20-6-7-21(2)34(19-20)16-17-41(36,37)33-26-4-3-5-27(18-26)42(38,39)40-32-25-14-12-24(13-15-25)30-31-28(35)22-8-10-23(29)11-9-22/h3-15,18-19,30,32-33H,16-17H2,1-2H3/p+1. The molecule has 0 aliphatic rings. The number of anilines is 3. The van der Waals surface area contributed by atoms with Crippen molar-refractivity contribution in [1.29, 1.82) is 0 Å². The second-order valence-electron chi connectivity index (χ2n) is 9.29. The average Bonchev–Trinajstić information content (AvgIpc) is 2.96. The van der Waals surface area contributed by atoms with Gasteiger partial charge in [0.1, 0.15) is 5.75 Å². The number of nitrogens with one attached hydrogen (secondary N) is 4. The van der Waals surface area contributed by atoms with E-state index in [0.29, 0.717) is 22.0 Å². The quantitative estimate of drug-likeness (QED) is 0.135. The van der Waals surface area contributed by atoms with Crippen LogP contribution in [0.25, 0.3) is 0 Å². The van der Waals surface area contributed by atoms with Crippen molar-refractivity contribution in [3.8, 4) is 0 Å². The van der Waals surface area contributed by atoms with Crippen LogP contribution < -0.4 is 25.6 Å². The number of sulfonamides is 1. The number of carbonyl (C=O) groups excluding carboxylic acids is 1. The van der Waals surface area contributed by atoms with E-state index in [1.54, 1.807) is 36.4 Å². The lowest BCUT2D eigenvalue weighted by atomic mass is 10.2. The summed E-state index contributed by atoms with van der Waals surface area (Å²) in [5.41, 5.74) is 10.9. The number of amides is 1. The van der Waals surface area contributed by atoms with Crippen LogP contribution >= 0.6 is 11.6 Å². The zero-order valence-corrected chi connectivity index (χ0v) is 25.1. The van der Waals surface area contributed by atoms with Crippen LogP contribution in [0.4, 0.5) is 17.1 Å². The Labute approximate surface area is 249 Å². The normalized spacial score (nSPS) is 11.5. The Hall–Kier alpha value is -4.17. The van der Waals surface area contributed by atoms with Crippen molar-refractivity contribution in [3.63, 3.8) is 0 Å². The van der Waals surface area contributed by atoms with Crippen molar-refractivity contribution < 1.29 is 30.5 Å². The number of pyridine rings is 1. The summed E-state index contributed by atoms with van der Waals surface area (Å²) in [5, 5.41) is 0.517. The fourth-order valence-electron chi connectivity index (χ4n) is 3.72. The van der Waals surface area contributed by atoms with Gasteiger partial charge in [-0.05, 0) is 79.7 Å². The van der Waals surface area contributed by atoms with E-state index < -0.39 is 20.1 Å². The number of aryl methyl sites for hydroxylation is 3. The molecule has 0 atom stereocenters. The Morgan fingerprint density at radius 1 is 0.857 bits per heavy atom. The van der Waals surface area contributed by atoms with Crippen LogP contribution in [-0.4, -0.2) is 28.5 Å². The number of halogens is 1. The van der Waals surface area contributed by atoms with Gasteiger partial charge in [0, 0.05) is 34.8 Å². The van der Waals surface area contributed by atoms with Gasteiger partial charge in [0.2, 0.25) is 10.0 Å². The summed E-state index contributed by atoms with van der Waals surface area (Å²) in [6.07, 6.45) is 1.87. The van der Waals surface area contributed by atoms with Crippen LogP contribution in [0.5, 0.6) is 0 Å². The lowest BCUT2D eigenvalue weighted by Gasteiger charge is -2.12. The Morgan fingerprint density at radius 2 is 1.55 bits per heavy atom. The lowest BCUT2D eigenvalue weighted by molar-refractivity contribution is -0.698. The van der Waals surface area contributed by atoms with Crippen molar-refractivity contribution in [3.05, 3.63) is 113 Å². The molecule has 42 heavy (non-hydrogen) atoms. The van der Waals surface area contributed by atoms with Crippen LogP contribution in [0.3, 0.4) is 0 Å². The molecule has 0 aliphatic carbocycles. The molecule has 1 amide bonds. The lowest BCUT2D eigenvalue weighted by Crippen LogP contribution is -2.41. The van der Waals surface area contributed by atoms with Crippen LogP contribution in [-0.2, 0) is 31.0 Å². The molecule has 0 unspecified atom stereocenters. The molecule has 4 N–H and O–H groups in total. The molecular formula is C28H29ClN5O6S2+. The molecule has 0 fully saturated rings. The highest BCUT2D eigenvalue weighted by Gasteiger charge is 2.20. The summed E-state index contributed by atoms with van der Waals surface area (Å²) in [7, 11) is -8.07. The Kier molecular flexibility index (Phi) is 9.68. The highest BCUT2D eigenvalue weighted by atomic mass is 35.5. The first-order valence-corrected chi connectivity index (χ1v) is 16.0. The van der Waals surface area contributed by atoms with Gasteiger partial charge in [-0.1, -0.05) is 17.7 Å². The molecule has 0 aliphatic heterocycles. The smallest absolute Gasteiger partial charge is 0.298 e. The van der Waals surface area contributed by atoms with Crippen LogP contribution in [0.2, 0.25) is 5.02 Å². The van der Waals surface area contributed by atoms with Crippen molar-refractivity contribution in [2.45, 2.75) is 25.3 Å². The van der Waals surface area contributed by atoms with Gasteiger partial charge < -0.3 is 0 Å². The molecule has 11 nitrogen and oxygen atoms in total. The molecule has 14 heteroatoms. The van der Waals surface area contributed by atoms with Gasteiger partial charge >= 0.3 is 10.1 Å². The number of rotatable bonds is 12. The molecule has 4 aromatic rings. The number of nitrogens with zero attached hydrogens (tertiary/aromatic N) is 1. The van der Waals surface area contributed by atoms with Crippen molar-refractivity contribution in [2.75, 3.05) is 21.4 Å². The largest absolute Gasteiger partial charge is 0.317 e. The monoisotopic (exact) mass is 630 g/mol. The van der Waals surface area contributed by atoms with Gasteiger partial charge in [-0.3, -0.25) is 20.4 Å². The zero-order valence-electron chi connectivity index (χ0n) is 22.7. The molecule has 220 valence electrons. The van der Waals surface area contributed by atoms with E-state index in [-0.39, 0.29) is 28.8 Å². The summed E-state index contributed by atoms with van der Waals surface area (Å²) in [5.74, 6) is -0.569. The maximum Gasteiger partial charge on any atom is 0.317 e. The molecule has 0 bridgehead atoms. The number of hydrogen-bond donors (Lipinski definition) is 4. The molecule has 1 heterocycles. The number of hydrazine groups is 1. The molecule has 0 saturated carbocycles. The number of hydrogen-bond acceptors (Lipinski definition) is 8. The Balaban J connectivity index is 1.31. The summed E-state index contributed by atoms with van der Waals surface area (Å²) in [6.45, 7) is 4.04. The van der Waals surface area contributed by atoms with E-state index in [4.69, 9.17) is 15.9 Å². The van der Waals surface area contributed by atoms with Crippen molar-refractivity contribution in [2.24, 2.45) is 0 Å². The summed E-state index contributed by atoms with van der Waals surface area (Å²) >= 11 is 5.83. The van der Waals surface area contributed by atoms with E-state index in [9.17, 15) is 21.6 Å². The minimum atomic E-state index is -4.30. The third-order valence-electron chi connectivity index (χ3n) is 5.98. The van der Waals surface area contributed by atoms with Crippen molar-refractivity contribution in [1.82, 2.24) is 5.43 Å². The first kappa shape index (κ1) is 30.8. The second-order valence-corrected chi connectivity index (χ2v) is 13.1. The predicted molar refractivity (Wildman–Crippen MR) is 161 cm³/mol. The van der Waals surface area contributed by atoms with Crippen LogP contribution in [0.15, 0.2) is 96.0 Å². The number of benzene rings is 3. The predicted octanol–water partition coefficient (Wildman–Crippen LogP) is 4.18. The molecule has 0 radical (unpaired) electrons. The van der Waals surface area contributed by atoms with Gasteiger partial charge in [-0.25, -0.2) is 18.5 Å². The van der Waals surface area contributed by atoms with Gasteiger partial charge in [0.15, 0.2) is 18.4 Å². The van der Waals surface area contributed by atoms with Crippen LogP contribution in [0.1, 0.15) is 21.6 Å². The fourth-order valence-corrected chi connectivity index (χ4v) is 5.69. The molecule has 4 rings (SSSR count). The topological polar surface area (TPSA) is 147 Å². The third kappa shape index (κ3) is 8.66. The average molecular weight is 631 g/mol.